The summed E-state index contributed by atoms with van der Waals surface area (Å²) in [5.74, 6) is -1.14. The fourth-order valence-electron chi connectivity index (χ4n) is 3.40. The van der Waals surface area contributed by atoms with Crippen molar-refractivity contribution >= 4 is 17.3 Å². The van der Waals surface area contributed by atoms with Crippen molar-refractivity contribution in [2.24, 2.45) is 0 Å². The number of para-hydroxylation sites is 1. The Balaban J connectivity index is 1.63. The van der Waals surface area contributed by atoms with E-state index in [1.807, 2.05) is 30.3 Å². The van der Waals surface area contributed by atoms with Crippen molar-refractivity contribution in [1.29, 1.82) is 0 Å². The molecule has 0 radical (unpaired) electrons. The molecule has 6 nitrogen and oxygen atoms in total. The van der Waals surface area contributed by atoms with Gasteiger partial charge in [-0.25, -0.2) is 18.4 Å². The van der Waals surface area contributed by atoms with Crippen molar-refractivity contribution in [3.63, 3.8) is 0 Å². The van der Waals surface area contributed by atoms with Gasteiger partial charge >= 0.3 is 0 Å². The smallest absolute Gasteiger partial charge is 0.173 e. The van der Waals surface area contributed by atoms with Crippen molar-refractivity contribution < 1.29 is 13.9 Å². The van der Waals surface area contributed by atoms with Crippen LogP contribution in [-0.2, 0) is 0 Å². The summed E-state index contributed by atoms with van der Waals surface area (Å²) in [5.41, 5.74) is 2.45. The van der Waals surface area contributed by atoms with Gasteiger partial charge in [0.25, 0.3) is 0 Å². The standard InChI is InChI=1S/C24H15F2N5OS/c1-14(32)17-12-11-16(13-19(17)26)23-27-24(33-29-23)21-22(15-7-3-2-4-8-15)31(30-28-21)20-10-6-5-9-18(20)25/h2-13,32H,1H2. The number of nitrogens with zero attached hydrogens (tertiary/aromatic N) is 5. The number of hydrogen-bond acceptors (Lipinski definition) is 6. The molecule has 0 aliphatic heterocycles. The quantitative estimate of drug-likeness (QED) is 0.330. The number of aliphatic hydroxyl groups is 1. The summed E-state index contributed by atoms with van der Waals surface area (Å²) in [6.07, 6.45) is 0. The number of benzene rings is 3. The molecular formula is C24H15F2N5OS. The van der Waals surface area contributed by atoms with Crippen LogP contribution >= 0.6 is 11.5 Å². The first-order chi connectivity index (χ1) is 16.0. The first-order valence-electron chi connectivity index (χ1n) is 9.81. The third kappa shape index (κ3) is 3.79. The summed E-state index contributed by atoms with van der Waals surface area (Å²) in [4.78, 5) is 4.53. The summed E-state index contributed by atoms with van der Waals surface area (Å²) in [6, 6.07) is 19.9. The van der Waals surface area contributed by atoms with Crippen molar-refractivity contribution in [3.8, 4) is 39.0 Å². The third-order valence-corrected chi connectivity index (χ3v) is 5.69. The van der Waals surface area contributed by atoms with Gasteiger partial charge in [-0.2, -0.15) is 4.37 Å². The summed E-state index contributed by atoms with van der Waals surface area (Å²) in [6.45, 7) is 3.35. The summed E-state index contributed by atoms with van der Waals surface area (Å²) in [5, 5.41) is 18.4. The number of aromatic nitrogens is 5. The van der Waals surface area contributed by atoms with Crippen LogP contribution in [0.2, 0.25) is 0 Å². The Bertz CT molecular complexity index is 1480. The Morgan fingerprint density at radius 2 is 1.67 bits per heavy atom. The van der Waals surface area contributed by atoms with Gasteiger partial charge < -0.3 is 5.11 Å². The van der Waals surface area contributed by atoms with Crippen LogP contribution in [0, 0.1) is 11.6 Å². The molecule has 2 heterocycles. The third-order valence-electron chi connectivity index (χ3n) is 4.96. The van der Waals surface area contributed by atoms with Gasteiger partial charge in [-0.3, -0.25) is 0 Å². The van der Waals surface area contributed by atoms with E-state index < -0.39 is 11.6 Å². The molecule has 5 rings (SSSR count). The van der Waals surface area contributed by atoms with Gasteiger partial charge in [0.05, 0.1) is 5.56 Å². The lowest BCUT2D eigenvalue weighted by Gasteiger charge is -2.08. The van der Waals surface area contributed by atoms with E-state index in [2.05, 4.69) is 26.2 Å². The maximum absolute atomic E-state index is 14.6. The van der Waals surface area contributed by atoms with Gasteiger partial charge in [-0.1, -0.05) is 60.3 Å². The van der Waals surface area contributed by atoms with Gasteiger partial charge in [-0.15, -0.1) is 5.10 Å². The zero-order chi connectivity index (χ0) is 22.9. The topological polar surface area (TPSA) is 76.7 Å². The molecule has 0 saturated heterocycles. The highest BCUT2D eigenvalue weighted by molar-refractivity contribution is 7.09. The van der Waals surface area contributed by atoms with Crippen LogP contribution < -0.4 is 0 Å². The molecular weight excluding hydrogens is 444 g/mol. The van der Waals surface area contributed by atoms with E-state index >= 15 is 0 Å². The van der Waals surface area contributed by atoms with E-state index in [0.29, 0.717) is 27.8 Å². The highest BCUT2D eigenvalue weighted by Crippen LogP contribution is 2.35. The number of rotatable bonds is 5. The number of halogens is 2. The van der Waals surface area contributed by atoms with E-state index in [0.717, 1.165) is 17.1 Å². The summed E-state index contributed by atoms with van der Waals surface area (Å²) < 4.78 is 34.6. The van der Waals surface area contributed by atoms with E-state index in [9.17, 15) is 13.9 Å². The van der Waals surface area contributed by atoms with Crippen LogP contribution in [0.15, 0.2) is 79.4 Å². The highest BCUT2D eigenvalue weighted by Gasteiger charge is 2.23. The molecule has 0 saturated carbocycles. The molecule has 0 spiro atoms. The molecule has 0 unspecified atom stereocenters. The lowest BCUT2D eigenvalue weighted by atomic mass is 10.1. The van der Waals surface area contributed by atoms with Gasteiger partial charge in [0.1, 0.15) is 28.8 Å². The van der Waals surface area contributed by atoms with Gasteiger partial charge in [0, 0.05) is 11.1 Å². The molecule has 0 amide bonds. The molecule has 0 bridgehead atoms. The Morgan fingerprint density at radius 3 is 2.39 bits per heavy atom. The van der Waals surface area contributed by atoms with Crippen LogP contribution in [0.25, 0.3) is 44.8 Å². The normalized spacial score (nSPS) is 11.0. The second kappa shape index (κ2) is 8.36. The minimum Gasteiger partial charge on any atom is -0.508 e. The van der Waals surface area contributed by atoms with Crippen LogP contribution in [0.3, 0.4) is 0 Å². The zero-order valence-corrected chi connectivity index (χ0v) is 17.8. The average Bonchev–Trinajstić information content (AvgIpc) is 3.47. The van der Waals surface area contributed by atoms with Crippen LogP contribution in [0.1, 0.15) is 5.56 Å². The van der Waals surface area contributed by atoms with Gasteiger partial charge in [-0.05, 0) is 35.8 Å². The van der Waals surface area contributed by atoms with E-state index in [4.69, 9.17) is 0 Å². The fraction of sp³-hybridized carbons (Fsp3) is 0. The van der Waals surface area contributed by atoms with Crippen LogP contribution in [0.4, 0.5) is 8.78 Å². The lowest BCUT2D eigenvalue weighted by molar-refractivity contribution is 0.504. The Labute approximate surface area is 191 Å². The molecule has 1 N–H and O–H groups in total. The Hall–Kier alpha value is -4.24. The molecule has 0 fully saturated rings. The Morgan fingerprint density at radius 1 is 0.909 bits per heavy atom. The SMILES string of the molecule is C=C(O)c1ccc(-c2nsc(-c3nnn(-c4ccccc4F)c3-c3ccccc3)n2)cc1F. The lowest BCUT2D eigenvalue weighted by Crippen LogP contribution is -2.02. The Kier molecular flexibility index (Phi) is 5.23. The number of aliphatic hydroxyl groups excluding tert-OH is 1. The largest absolute Gasteiger partial charge is 0.508 e. The monoisotopic (exact) mass is 459 g/mol. The van der Waals surface area contributed by atoms with Gasteiger partial charge in [0.2, 0.25) is 0 Å². The molecule has 9 heteroatoms. The molecule has 162 valence electrons. The molecule has 0 aliphatic carbocycles. The van der Waals surface area contributed by atoms with Crippen molar-refractivity contribution in [3.05, 3.63) is 96.6 Å². The first-order valence-corrected chi connectivity index (χ1v) is 10.6. The van der Waals surface area contributed by atoms with Crippen molar-refractivity contribution in [2.75, 3.05) is 0 Å². The molecule has 0 atom stereocenters. The summed E-state index contributed by atoms with van der Waals surface area (Å²) >= 11 is 1.08. The maximum Gasteiger partial charge on any atom is 0.173 e. The van der Waals surface area contributed by atoms with Gasteiger partial charge in [0.15, 0.2) is 16.5 Å². The minimum absolute atomic E-state index is 0.00778. The molecule has 33 heavy (non-hydrogen) atoms. The first kappa shape index (κ1) is 20.7. The molecule has 0 aliphatic rings. The van der Waals surface area contributed by atoms with Crippen LogP contribution in [-0.4, -0.2) is 29.5 Å². The molecule has 5 aromatic rings. The highest BCUT2D eigenvalue weighted by atomic mass is 32.1. The minimum atomic E-state index is -0.633. The predicted molar refractivity (Wildman–Crippen MR) is 123 cm³/mol. The maximum atomic E-state index is 14.6. The predicted octanol–water partition coefficient (Wildman–Crippen LogP) is 5.93. The van der Waals surface area contributed by atoms with Crippen molar-refractivity contribution in [1.82, 2.24) is 24.4 Å². The molecule has 2 aromatic heterocycles. The fourth-order valence-corrected chi connectivity index (χ4v) is 4.07. The van der Waals surface area contributed by atoms with Crippen LogP contribution in [0.5, 0.6) is 0 Å². The zero-order valence-electron chi connectivity index (χ0n) is 17.0. The average molecular weight is 459 g/mol. The number of hydrogen-bond donors (Lipinski definition) is 1. The van der Waals surface area contributed by atoms with E-state index in [1.165, 1.54) is 22.9 Å². The van der Waals surface area contributed by atoms with E-state index in [-0.39, 0.29) is 17.0 Å². The van der Waals surface area contributed by atoms with E-state index in [1.54, 1.807) is 24.3 Å². The second-order valence-corrected chi connectivity index (χ2v) is 7.83. The van der Waals surface area contributed by atoms with Crippen molar-refractivity contribution in [2.45, 2.75) is 0 Å². The second-order valence-electron chi connectivity index (χ2n) is 7.08. The summed E-state index contributed by atoms with van der Waals surface area (Å²) in [7, 11) is 0. The molecule has 3 aromatic carbocycles.